The molecule has 0 amide bonds. The second-order valence-corrected chi connectivity index (χ2v) is 5.41. The fraction of sp³-hybridized carbons (Fsp3) is 0.375. The van der Waals surface area contributed by atoms with Crippen molar-refractivity contribution in [2.75, 3.05) is 0 Å². The summed E-state index contributed by atoms with van der Waals surface area (Å²) in [7, 11) is 0. The van der Waals surface area contributed by atoms with Gasteiger partial charge >= 0.3 is 6.18 Å². The summed E-state index contributed by atoms with van der Waals surface area (Å²) < 4.78 is 38.8. The molecule has 0 aromatic heterocycles. The Morgan fingerprint density at radius 3 is 2.67 bits per heavy atom. The van der Waals surface area contributed by atoms with E-state index in [2.05, 4.69) is 5.48 Å². The maximum absolute atomic E-state index is 12.9. The molecule has 0 bridgehead atoms. The molecule has 5 heteroatoms. The van der Waals surface area contributed by atoms with Crippen LogP contribution in [-0.4, -0.2) is 6.04 Å². The fourth-order valence-electron chi connectivity index (χ4n) is 2.97. The first-order valence-corrected chi connectivity index (χ1v) is 6.92. The Bertz CT molecular complexity index is 606. The minimum absolute atomic E-state index is 0.0706. The third kappa shape index (κ3) is 2.30. The molecule has 1 N–H and O–H groups in total. The van der Waals surface area contributed by atoms with Crippen LogP contribution in [0.15, 0.2) is 48.1 Å². The molecule has 1 aromatic carbocycles. The predicted octanol–water partition coefficient (Wildman–Crippen LogP) is 4.10. The molecule has 0 radical (unpaired) electrons. The van der Waals surface area contributed by atoms with E-state index in [-0.39, 0.29) is 6.04 Å². The lowest BCUT2D eigenvalue weighted by Gasteiger charge is -2.50. The summed E-state index contributed by atoms with van der Waals surface area (Å²) in [5, 5.41) is 0. The molecular weight excluding hydrogens is 279 g/mol. The van der Waals surface area contributed by atoms with Crippen molar-refractivity contribution in [3.05, 3.63) is 59.2 Å². The van der Waals surface area contributed by atoms with Crippen LogP contribution in [0.4, 0.5) is 13.2 Å². The second kappa shape index (κ2) is 5.00. The zero-order valence-corrected chi connectivity index (χ0v) is 11.6. The SMILES string of the molecule is CC1NOC1(C1=CC=CCC1)c1cccc(C(F)(F)F)c1. The molecule has 1 fully saturated rings. The van der Waals surface area contributed by atoms with E-state index in [9.17, 15) is 13.2 Å². The number of halogens is 3. The highest BCUT2D eigenvalue weighted by atomic mass is 19.4. The van der Waals surface area contributed by atoms with Crippen molar-refractivity contribution in [1.29, 1.82) is 0 Å². The first-order valence-electron chi connectivity index (χ1n) is 6.92. The molecule has 1 saturated heterocycles. The van der Waals surface area contributed by atoms with Crippen LogP contribution in [0.1, 0.15) is 30.9 Å². The van der Waals surface area contributed by atoms with Gasteiger partial charge in [-0.15, -0.1) is 0 Å². The lowest BCUT2D eigenvalue weighted by molar-refractivity contribution is -0.229. The minimum atomic E-state index is -4.35. The van der Waals surface area contributed by atoms with Crippen molar-refractivity contribution in [2.24, 2.45) is 0 Å². The maximum atomic E-state index is 12.9. The third-order valence-corrected chi connectivity index (χ3v) is 4.12. The molecule has 2 aliphatic rings. The summed E-state index contributed by atoms with van der Waals surface area (Å²) in [6, 6.07) is 5.34. The van der Waals surface area contributed by atoms with Crippen LogP contribution in [0.2, 0.25) is 0 Å². The first-order chi connectivity index (χ1) is 9.94. The zero-order valence-electron chi connectivity index (χ0n) is 11.6. The van der Waals surface area contributed by atoms with Gasteiger partial charge in [0, 0.05) is 0 Å². The summed E-state index contributed by atoms with van der Waals surface area (Å²) in [4.78, 5) is 5.60. The van der Waals surface area contributed by atoms with E-state index >= 15 is 0 Å². The molecule has 2 nitrogen and oxygen atoms in total. The summed E-state index contributed by atoms with van der Waals surface area (Å²) >= 11 is 0. The molecule has 1 aliphatic heterocycles. The van der Waals surface area contributed by atoms with Gasteiger partial charge in [-0.3, -0.25) is 4.84 Å². The van der Waals surface area contributed by atoms with Gasteiger partial charge in [0.1, 0.15) is 0 Å². The van der Waals surface area contributed by atoms with Crippen molar-refractivity contribution in [1.82, 2.24) is 5.48 Å². The number of nitrogens with one attached hydrogen (secondary N) is 1. The molecule has 0 saturated carbocycles. The Morgan fingerprint density at radius 1 is 1.33 bits per heavy atom. The molecule has 1 aliphatic carbocycles. The highest BCUT2D eigenvalue weighted by Gasteiger charge is 2.51. The smallest absolute Gasteiger partial charge is 0.284 e. The Kier molecular flexibility index (Phi) is 3.42. The number of hydrogen-bond donors (Lipinski definition) is 1. The molecular formula is C16H16F3NO. The van der Waals surface area contributed by atoms with E-state index in [4.69, 9.17) is 4.84 Å². The van der Waals surface area contributed by atoms with E-state index in [0.717, 1.165) is 24.5 Å². The van der Waals surface area contributed by atoms with Gasteiger partial charge in [0.15, 0.2) is 5.60 Å². The summed E-state index contributed by atoms with van der Waals surface area (Å²) in [5.41, 5.74) is 2.92. The molecule has 1 aromatic rings. The highest BCUT2D eigenvalue weighted by molar-refractivity contribution is 5.42. The molecule has 3 rings (SSSR count). The fourth-order valence-corrected chi connectivity index (χ4v) is 2.97. The predicted molar refractivity (Wildman–Crippen MR) is 73.3 cm³/mol. The minimum Gasteiger partial charge on any atom is -0.284 e. The quantitative estimate of drug-likeness (QED) is 0.887. The van der Waals surface area contributed by atoms with E-state index < -0.39 is 17.3 Å². The first kappa shape index (κ1) is 14.4. The van der Waals surface area contributed by atoms with E-state index in [1.54, 1.807) is 6.07 Å². The van der Waals surface area contributed by atoms with Crippen molar-refractivity contribution in [2.45, 2.75) is 37.6 Å². The summed E-state index contributed by atoms with van der Waals surface area (Å²) in [6.45, 7) is 1.92. The number of benzene rings is 1. The number of allylic oxidation sites excluding steroid dienone is 3. The van der Waals surface area contributed by atoms with Crippen molar-refractivity contribution in [3.63, 3.8) is 0 Å². The average molecular weight is 295 g/mol. The van der Waals surface area contributed by atoms with Crippen LogP contribution in [0.5, 0.6) is 0 Å². The summed E-state index contributed by atoms with van der Waals surface area (Å²) in [6.07, 6.45) is 3.24. The number of hydroxylamine groups is 1. The molecule has 0 spiro atoms. The molecule has 112 valence electrons. The monoisotopic (exact) mass is 295 g/mol. The van der Waals surface area contributed by atoms with Gasteiger partial charge in [-0.25, -0.2) is 0 Å². The standard InChI is InChI=1S/C16H16F3NO/c1-11-15(21-20-11,12-6-3-2-4-7-12)13-8-5-9-14(10-13)16(17,18)19/h2-3,5-6,8-11,20H,4,7H2,1H3. The number of hydrogen-bond acceptors (Lipinski definition) is 2. The second-order valence-electron chi connectivity index (χ2n) is 5.41. The normalized spacial score (nSPS) is 29.0. The Labute approximate surface area is 121 Å². The van der Waals surface area contributed by atoms with Gasteiger partial charge in [-0.2, -0.15) is 18.7 Å². The van der Waals surface area contributed by atoms with Crippen LogP contribution in [0.25, 0.3) is 0 Å². The third-order valence-electron chi connectivity index (χ3n) is 4.12. The van der Waals surface area contributed by atoms with E-state index in [0.29, 0.717) is 5.56 Å². The van der Waals surface area contributed by atoms with E-state index in [1.807, 2.05) is 25.2 Å². The highest BCUT2D eigenvalue weighted by Crippen LogP contribution is 2.45. The van der Waals surface area contributed by atoms with Gasteiger partial charge in [-0.05, 0) is 43.0 Å². The van der Waals surface area contributed by atoms with Crippen molar-refractivity contribution in [3.8, 4) is 0 Å². The zero-order chi connectivity index (χ0) is 15.1. The van der Waals surface area contributed by atoms with Gasteiger partial charge in [0.25, 0.3) is 0 Å². The summed E-state index contributed by atoms with van der Waals surface area (Å²) in [5.74, 6) is 0. The van der Waals surface area contributed by atoms with Crippen LogP contribution >= 0.6 is 0 Å². The van der Waals surface area contributed by atoms with Gasteiger partial charge < -0.3 is 0 Å². The van der Waals surface area contributed by atoms with Crippen molar-refractivity contribution < 1.29 is 18.0 Å². The van der Waals surface area contributed by atoms with Gasteiger partial charge in [-0.1, -0.05) is 30.4 Å². The van der Waals surface area contributed by atoms with Crippen LogP contribution in [0.3, 0.4) is 0 Å². The lowest BCUT2D eigenvalue weighted by Crippen LogP contribution is -2.63. The van der Waals surface area contributed by atoms with Crippen molar-refractivity contribution >= 4 is 0 Å². The Hall–Kier alpha value is -1.59. The van der Waals surface area contributed by atoms with Gasteiger partial charge in [0.05, 0.1) is 11.6 Å². The molecule has 21 heavy (non-hydrogen) atoms. The Morgan fingerprint density at radius 2 is 2.14 bits per heavy atom. The van der Waals surface area contributed by atoms with Gasteiger partial charge in [0.2, 0.25) is 0 Å². The maximum Gasteiger partial charge on any atom is 0.416 e. The topological polar surface area (TPSA) is 21.3 Å². The number of rotatable bonds is 2. The molecule has 2 unspecified atom stereocenters. The van der Waals surface area contributed by atoms with Crippen LogP contribution < -0.4 is 5.48 Å². The Balaban J connectivity index is 2.07. The van der Waals surface area contributed by atoms with E-state index in [1.165, 1.54) is 12.1 Å². The van der Waals surface area contributed by atoms with Crippen LogP contribution in [0, 0.1) is 0 Å². The van der Waals surface area contributed by atoms with Crippen LogP contribution in [-0.2, 0) is 16.6 Å². The molecule has 2 atom stereocenters. The number of alkyl halides is 3. The lowest BCUT2D eigenvalue weighted by atomic mass is 9.75. The average Bonchev–Trinajstić information content (AvgIpc) is 2.47. The largest absolute Gasteiger partial charge is 0.416 e. The molecule has 1 heterocycles.